The number of aromatic nitrogens is 4. The van der Waals surface area contributed by atoms with Crippen LogP contribution < -0.4 is 5.32 Å². The number of rotatable bonds is 6. The largest absolute Gasteiger partial charge is 0.379 e. The van der Waals surface area contributed by atoms with E-state index in [4.69, 9.17) is 4.74 Å². The van der Waals surface area contributed by atoms with Crippen molar-refractivity contribution in [3.63, 3.8) is 0 Å². The molecule has 0 aliphatic carbocycles. The van der Waals surface area contributed by atoms with Gasteiger partial charge >= 0.3 is 0 Å². The molecular weight excluding hydrogens is 483 g/mol. The molecule has 0 saturated carbocycles. The quantitative estimate of drug-likeness (QED) is 0.338. The number of amides is 1. The maximum absolute atomic E-state index is 13.5. The van der Waals surface area contributed by atoms with E-state index in [0.29, 0.717) is 22.3 Å². The first-order valence-electron chi connectivity index (χ1n) is 12.4. The second kappa shape index (κ2) is 10.5. The number of benzene rings is 2. The van der Waals surface area contributed by atoms with Crippen LogP contribution in [0.5, 0.6) is 0 Å². The predicted octanol–water partition coefficient (Wildman–Crippen LogP) is 4.91. The number of halogens is 1. The van der Waals surface area contributed by atoms with Crippen molar-refractivity contribution in [2.24, 2.45) is 0 Å². The van der Waals surface area contributed by atoms with Crippen molar-refractivity contribution in [3.8, 4) is 22.4 Å². The van der Waals surface area contributed by atoms with Crippen LogP contribution in [0.4, 0.5) is 10.1 Å². The van der Waals surface area contributed by atoms with Gasteiger partial charge in [0.25, 0.3) is 5.91 Å². The molecule has 190 valence electrons. The second-order valence-electron chi connectivity index (χ2n) is 9.20. The highest BCUT2D eigenvalue weighted by molar-refractivity contribution is 6.11. The fourth-order valence-electron chi connectivity index (χ4n) is 4.59. The minimum atomic E-state index is -0.354. The van der Waals surface area contributed by atoms with Crippen molar-refractivity contribution >= 4 is 22.5 Å². The van der Waals surface area contributed by atoms with Crippen LogP contribution in [0.25, 0.3) is 33.3 Å². The molecule has 3 aromatic heterocycles. The highest BCUT2D eigenvalue weighted by Gasteiger charge is 2.16. The van der Waals surface area contributed by atoms with Gasteiger partial charge in [-0.2, -0.15) is 5.10 Å². The fraction of sp³-hybridized carbons (Fsp3) is 0.172. The lowest BCUT2D eigenvalue weighted by Gasteiger charge is -2.26. The summed E-state index contributed by atoms with van der Waals surface area (Å²) in [5, 5.41) is 10.8. The Morgan fingerprint density at radius 2 is 1.87 bits per heavy atom. The third-order valence-corrected chi connectivity index (χ3v) is 6.56. The van der Waals surface area contributed by atoms with Gasteiger partial charge in [0.1, 0.15) is 5.82 Å². The standard InChI is InChI=1S/C29H25FN6O2/c30-23-3-1-2-21(13-23)26-7-5-24(17-32-26)33-29(37)28-25-14-20(4-6-27(25)34-35-28)22-12-19(15-31-16-22)18-36-8-10-38-11-9-36/h1-7,12-17H,8-11,18H2,(H,33,37)(H,34,35). The van der Waals surface area contributed by atoms with E-state index >= 15 is 0 Å². The van der Waals surface area contributed by atoms with E-state index in [1.807, 2.05) is 30.6 Å². The summed E-state index contributed by atoms with van der Waals surface area (Å²) in [7, 11) is 0. The van der Waals surface area contributed by atoms with Gasteiger partial charge in [0.05, 0.1) is 36.3 Å². The summed E-state index contributed by atoms with van der Waals surface area (Å²) < 4.78 is 19.0. The molecule has 0 atom stereocenters. The number of hydrogen-bond acceptors (Lipinski definition) is 6. The molecule has 6 rings (SSSR count). The number of anilines is 1. The molecular formula is C29H25FN6O2. The van der Waals surface area contributed by atoms with Crippen LogP contribution in [0.3, 0.4) is 0 Å². The Kier molecular flexibility index (Phi) is 6.60. The van der Waals surface area contributed by atoms with Crippen LogP contribution in [0.15, 0.2) is 79.3 Å². The molecule has 1 amide bonds. The Balaban J connectivity index is 1.21. The van der Waals surface area contributed by atoms with Gasteiger partial charge in [0.2, 0.25) is 0 Å². The number of carbonyl (C=O) groups is 1. The Morgan fingerprint density at radius 1 is 0.974 bits per heavy atom. The van der Waals surface area contributed by atoms with Crippen molar-refractivity contribution in [2.45, 2.75) is 6.54 Å². The van der Waals surface area contributed by atoms with Gasteiger partial charge in [-0.3, -0.25) is 24.8 Å². The Bertz CT molecular complexity index is 1590. The van der Waals surface area contributed by atoms with Gasteiger partial charge in [-0.1, -0.05) is 18.2 Å². The molecule has 0 spiro atoms. The molecule has 0 radical (unpaired) electrons. The van der Waals surface area contributed by atoms with Crippen molar-refractivity contribution in [3.05, 3.63) is 96.3 Å². The second-order valence-corrected chi connectivity index (χ2v) is 9.20. The molecule has 38 heavy (non-hydrogen) atoms. The van der Waals surface area contributed by atoms with E-state index in [1.165, 1.54) is 12.1 Å². The number of H-pyrrole nitrogens is 1. The Hall–Kier alpha value is -4.47. The zero-order valence-electron chi connectivity index (χ0n) is 20.5. The zero-order chi connectivity index (χ0) is 25.9. The molecule has 4 heterocycles. The number of hydrogen-bond donors (Lipinski definition) is 2. The summed E-state index contributed by atoms with van der Waals surface area (Å²) in [6, 6.07) is 17.7. The lowest BCUT2D eigenvalue weighted by Crippen LogP contribution is -2.35. The SMILES string of the molecule is O=C(Nc1ccc(-c2cccc(F)c2)nc1)c1n[nH]c2ccc(-c3cncc(CN4CCOCC4)c3)cc12. The fourth-order valence-corrected chi connectivity index (χ4v) is 4.59. The van der Waals surface area contributed by atoms with Crippen molar-refractivity contribution < 1.29 is 13.9 Å². The molecule has 0 bridgehead atoms. The molecule has 2 aromatic carbocycles. The highest BCUT2D eigenvalue weighted by atomic mass is 19.1. The van der Waals surface area contributed by atoms with Crippen LogP contribution >= 0.6 is 0 Å². The average Bonchev–Trinajstić information content (AvgIpc) is 3.38. The Labute approximate surface area is 218 Å². The van der Waals surface area contributed by atoms with E-state index in [-0.39, 0.29) is 17.4 Å². The van der Waals surface area contributed by atoms with Gasteiger partial charge in [0, 0.05) is 48.5 Å². The number of pyridine rings is 2. The van der Waals surface area contributed by atoms with E-state index in [9.17, 15) is 9.18 Å². The van der Waals surface area contributed by atoms with Crippen molar-refractivity contribution in [2.75, 3.05) is 31.6 Å². The van der Waals surface area contributed by atoms with Crippen LogP contribution in [-0.2, 0) is 11.3 Å². The first-order valence-corrected chi connectivity index (χ1v) is 12.4. The number of morpholine rings is 1. The van der Waals surface area contributed by atoms with Crippen LogP contribution in [0.2, 0.25) is 0 Å². The molecule has 1 saturated heterocycles. The van der Waals surface area contributed by atoms with E-state index in [1.54, 1.807) is 30.5 Å². The molecule has 1 fully saturated rings. The summed E-state index contributed by atoms with van der Waals surface area (Å²) in [4.78, 5) is 24.3. The molecule has 2 N–H and O–H groups in total. The van der Waals surface area contributed by atoms with Gasteiger partial charge < -0.3 is 10.1 Å². The van der Waals surface area contributed by atoms with Crippen molar-refractivity contribution in [1.29, 1.82) is 0 Å². The first-order chi connectivity index (χ1) is 18.6. The zero-order valence-corrected chi connectivity index (χ0v) is 20.5. The maximum atomic E-state index is 13.5. The topological polar surface area (TPSA) is 96.0 Å². The minimum Gasteiger partial charge on any atom is -0.379 e. The average molecular weight is 509 g/mol. The smallest absolute Gasteiger partial charge is 0.276 e. The van der Waals surface area contributed by atoms with Gasteiger partial charge in [0.15, 0.2) is 5.69 Å². The summed E-state index contributed by atoms with van der Waals surface area (Å²) in [5.41, 5.74) is 5.89. The predicted molar refractivity (Wildman–Crippen MR) is 143 cm³/mol. The lowest BCUT2D eigenvalue weighted by molar-refractivity contribution is 0.0341. The monoisotopic (exact) mass is 508 g/mol. The number of fused-ring (bicyclic) bond motifs is 1. The normalized spacial score (nSPS) is 14.0. The molecule has 8 nitrogen and oxygen atoms in total. The molecule has 9 heteroatoms. The van der Waals surface area contributed by atoms with Gasteiger partial charge in [-0.05, 0) is 53.6 Å². The summed E-state index contributed by atoms with van der Waals surface area (Å²) >= 11 is 0. The van der Waals surface area contributed by atoms with Gasteiger partial charge in [-0.15, -0.1) is 0 Å². The van der Waals surface area contributed by atoms with Crippen molar-refractivity contribution in [1.82, 2.24) is 25.1 Å². The third kappa shape index (κ3) is 5.15. The minimum absolute atomic E-state index is 0.286. The molecule has 1 aliphatic heterocycles. The van der Waals surface area contributed by atoms with Crippen LogP contribution in [0.1, 0.15) is 16.1 Å². The molecule has 0 unspecified atom stereocenters. The number of ether oxygens (including phenoxy) is 1. The van der Waals surface area contributed by atoms with Crippen LogP contribution in [-0.4, -0.2) is 57.3 Å². The molecule has 1 aliphatic rings. The van der Waals surface area contributed by atoms with E-state index in [2.05, 4.69) is 36.4 Å². The first kappa shape index (κ1) is 23.9. The molecule has 5 aromatic rings. The van der Waals surface area contributed by atoms with E-state index < -0.39 is 0 Å². The number of carbonyl (C=O) groups excluding carboxylic acids is 1. The summed E-state index contributed by atoms with van der Waals surface area (Å²) in [6.07, 6.45) is 5.27. The summed E-state index contributed by atoms with van der Waals surface area (Å²) in [5.74, 6) is -0.682. The Morgan fingerprint density at radius 3 is 2.68 bits per heavy atom. The summed E-state index contributed by atoms with van der Waals surface area (Å²) in [6.45, 7) is 4.14. The number of aromatic amines is 1. The number of nitrogens with one attached hydrogen (secondary N) is 2. The third-order valence-electron chi connectivity index (χ3n) is 6.56. The van der Waals surface area contributed by atoms with Gasteiger partial charge in [-0.25, -0.2) is 4.39 Å². The van der Waals surface area contributed by atoms with Crippen LogP contribution in [0, 0.1) is 5.82 Å². The lowest BCUT2D eigenvalue weighted by atomic mass is 10.0. The van der Waals surface area contributed by atoms with E-state index in [0.717, 1.165) is 55.1 Å². The maximum Gasteiger partial charge on any atom is 0.276 e. The highest BCUT2D eigenvalue weighted by Crippen LogP contribution is 2.27. The number of nitrogens with zero attached hydrogens (tertiary/aromatic N) is 4.